The first-order valence-corrected chi connectivity index (χ1v) is 10.0. The Morgan fingerprint density at radius 2 is 1.70 bits per heavy atom. The van der Waals surface area contributed by atoms with E-state index in [1.807, 2.05) is 48.5 Å². The van der Waals surface area contributed by atoms with E-state index in [1.165, 1.54) is 0 Å². The summed E-state index contributed by atoms with van der Waals surface area (Å²) < 4.78 is 5.15. The number of anilines is 1. The van der Waals surface area contributed by atoms with Gasteiger partial charge in [-0.25, -0.2) is 4.79 Å². The maximum absolute atomic E-state index is 12.9. The molecule has 0 unspecified atom stereocenters. The van der Waals surface area contributed by atoms with Crippen molar-refractivity contribution in [2.75, 3.05) is 19.0 Å². The van der Waals surface area contributed by atoms with Gasteiger partial charge in [0.15, 0.2) is 0 Å². The molecule has 1 aliphatic rings. The highest BCUT2D eigenvalue weighted by atomic mass is 16.5. The molecule has 0 saturated carbocycles. The van der Waals surface area contributed by atoms with Crippen molar-refractivity contribution in [2.45, 2.75) is 38.6 Å². The van der Waals surface area contributed by atoms with E-state index in [0.717, 1.165) is 28.2 Å². The van der Waals surface area contributed by atoms with Crippen molar-refractivity contribution in [1.29, 1.82) is 0 Å². The molecule has 1 saturated heterocycles. The zero-order valence-electron chi connectivity index (χ0n) is 17.5. The average molecular weight is 409 g/mol. The highest BCUT2D eigenvalue weighted by Gasteiger charge is 2.47. The van der Waals surface area contributed by atoms with Crippen LogP contribution < -0.4 is 15.4 Å². The van der Waals surface area contributed by atoms with E-state index < -0.39 is 23.4 Å². The number of hydrogen-bond donors (Lipinski definition) is 2. The van der Waals surface area contributed by atoms with Crippen LogP contribution in [0.1, 0.15) is 31.4 Å². The van der Waals surface area contributed by atoms with Crippen molar-refractivity contribution in [3.63, 3.8) is 0 Å². The highest BCUT2D eigenvalue weighted by Crippen LogP contribution is 2.24. The SMILES string of the molecule is CCc1ccc(NC(=O)CN2C(=O)N[C@](C)(CCc3ccc(OC)cc3)C2=O)cc1. The van der Waals surface area contributed by atoms with Gasteiger partial charge in [0, 0.05) is 5.69 Å². The molecule has 2 aromatic rings. The summed E-state index contributed by atoms with van der Waals surface area (Å²) >= 11 is 0. The molecule has 0 aromatic heterocycles. The Kier molecular flexibility index (Phi) is 6.40. The zero-order valence-corrected chi connectivity index (χ0v) is 17.5. The van der Waals surface area contributed by atoms with Crippen LogP contribution in [0, 0.1) is 0 Å². The summed E-state index contributed by atoms with van der Waals surface area (Å²) in [5.41, 5.74) is 1.78. The number of ether oxygens (including phenoxy) is 1. The van der Waals surface area contributed by atoms with Crippen molar-refractivity contribution in [3.8, 4) is 5.75 Å². The van der Waals surface area contributed by atoms with E-state index in [9.17, 15) is 14.4 Å². The number of nitrogens with zero attached hydrogens (tertiary/aromatic N) is 1. The number of nitrogens with one attached hydrogen (secondary N) is 2. The van der Waals surface area contributed by atoms with Gasteiger partial charge < -0.3 is 15.4 Å². The number of carbonyl (C=O) groups excluding carboxylic acids is 3. The Bertz CT molecular complexity index is 924. The lowest BCUT2D eigenvalue weighted by atomic mass is 9.93. The van der Waals surface area contributed by atoms with Crippen LogP contribution in [0.15, 0.2) is 48.5 Å². The Hall–Kier alpha value is -3.35. The molecule has 1 aliphatic heterocycles. The maximum atomic E-state index is 12.9. The number of hydrogen-bond acceptors (Lipinski definition) is 4. The first-order valence-electron chi connectivity index (χ1n) is 10.0. The molecule has 2 N–H and O–H groups in total. The molecular weight excluding hydrogens is 382 g/mol. The quantitative estimate of drug-likeness (QED) is 0.656. The number of imide groups is 1. The molecule has 3 rings (SSSR count). The summed E-state index contributed by atoms with van der Waals surface area (Å²) in [6.45, 7) is 3.42. The van der Waals surface area contributed by atoms with E-state index in [2.05, 4.69) is 17.6 Å². The van der Waals surface area contributed by atoms with Crippen LogP contribution in [0.3, 0.4) is 0 Å². The second kappa shape index (κ2) is 8.98. The lowest BCUT2D eigenvalue weighted by molar-refractivity contribution is -0.133. The van der Waals surface area contributed by atoms with E-state index in [-0.39, 0.29) is 6.54 Å². The van der Waals surface area contributed by atoms with Crippen LogP contribution in [-0.2, 0) is 22.4 Å². The lowest BCUT2D eigenvalue weighted by Gasteiger charge is -2.21. The minimum Gasteiger partial charge on any atom is -0.497 e. The number of urea groups is 1. The zero-order chi connectivity index (χ0) is 21.7. The second-order valence-electron chi connectivity index (χ2n) is 7.60. The normalized spacial score (nSPS) is 18.3. The molecular formula is C23H27N3O4. The van der Waals surface area contributed by atoms with Gasteiger partial charge in [-0.2, -0.15) is 0 Å². The highest BCUT2D eigenvalue weighted by molar-refractivity contribution is 6.09. The third-order valence-electron chi connectivity index (χ3n) is 5.37. The Morgan fingerprint density at radius 3 is 2.30 bits per heavy atom. The van der Waals surface area contributed by atoms with Crippen LogP contribution >= 0.6 is 0 Å². The number of rotatable bonds is 8. The van der Waals surface area contributed by atoms with Gasteiger partial charge >= 0.3 is 6.03 Å². The molecule has 158 valence electrons. The minimum atomic E-state index is -1.04. The van der Waals surface area contributed by atoms with E-state index in [0.29, 0.717) is 18.5 Å². The third kappa shape index (κ3) is 4.79. The van der Waals surface area contributed by atoms with Gasteiger partial charge in [-0.05, 0) is 61.6 Å². The third-order valence-corrected chi connectivity index (χ3v) is 5.37. The first kappa shape index (κ1) is 21.4. The minimum absolute atomic E-state index is 0.321. The number of amides is 4. The van der Waals surface area contributed by atoms with Gasteiger partial charge in [-0.3, -0.25) is 14.5 Å². The summed E-state index contributed by atoms with van der Waals surface area (Å²) in [5.74, 6) is -0.0450. The second-order valence-corrected chi connectivity index (χ2v) is 7.60. The van der Waals surface area contributed by atoms with Crippen LogP contribution in [0.25, 0.3) is 0 Å². The van der Waals surface area contributed by atoms with Crippen molar-refractivity contribution < 1.29 is 19.1 Å². The van der Waals surface area contributed by atoms with Crippen molar-refractivity contribution in [1.82, 2.24) is 10.2 Å². The van der Waals surface area contributed by atoms with Crippen LogP contribution in [0.5, 0.6) is 5.75 Å². The standard InChI is InChI=1S/C23H27N3O4/c1-4-16-5-9-18(10-6-16)24-20(27)15-26-21(28)23(2,25-22(26)29)14-13-17-7-11-19(30-3)12-8-17/h5-12H,4,13-15H2,1-3H3,(H,24,27)(H,25,29)/t23-/m1/s1. The van der Waals surface area contributed by atoms with Gasteiger partial charge in [0.2, 0.25) is 5.91 Å². The Balaban J connectivity index is 1.58. The fourth-order valence-electron chi connectivity index (χ4n) is 3.41. The molecule has 4 amide bonds. The number of aryl methyl sites for hydroxylation is 2. The summed E-state index contributed by atoms with van der Waals surface area (Å²) in [6.07, 6.45) is 1.95. The van der Waals surface area contributed by atoms with Gasteiger partial charge in [-0.15, -0.1) is 0 Å². The lowest BCUT2D eigenvalue weighted by Crippen LogP contribution is -2.45. The van der Waals surface area contributed by atoms with Crippen molar-refractivity contribution in [2.24, 2.45) is 0 Å². The summed E-state index contributed by atoms with van der Waals surface area (Å²) in [6, 6.07) is 14.5. The summed E-state index contributed by atoms with van der Waals surface area (Å²) in [7, 11) is 1.60. The fourth-order valence-corrected chi connectivity index (χ4v) is 3.41. The Morgan fingerprint density at radius 1 is 1.07 bits per heavy atom. The number of benzene rings is 2. The van der Waals surface area contributed by atoms with E-state index >= 15 is 0 Å². The van der Waals surface area contributed by atoms with Gasteiger partial charge in [0.1, 0.15) is 17.8 Å². The van der Waals surface area contributed by atoms with Crippen molar-refractivity contribution >= 4 is 23.5 Å². The van der Waals surface area contributed by atoms with Gasteiger partial charge in [0.05, 0.1) is 7.11 Å². The molecule has 2 aromatic carbocycles. The Labute approximate surface area is 176 Å². The summed E-state index contributed by atoms with van der Waals surface area (Å²) in [4.78, 5) is 38.6. The molecule has 1 atom stereocenters. The van der Waals surface area contributed by atoms with E-state index in [1.54, 1.807) is 14.0 Å². The predicted octanol–water partition coefficient (Wildman–Crippen LogP) is 3.14. The predicted molar refractivity (Wildman–Crippen MR) is 114 cm³/mol. The van der Waals surface area contributed by atoms with Crippen LogP contribution in [-0.4, -0.2) is 41.9 Å². The van der Waals surface area contributed by atoms with Gasteiger partial charge in [0.25, 0.3) is 5.91 Å². The molecule has 1 fully saturated rings. The molecule has 7 heteroatoms. The smallest absolute Gasteiger partial charge is 0.325 e. The maximum Gasteiger partial charge on any atom is 0.325 e. The molecule has 0 aliphatic carbocycles. The topological polar surface area (TPSA) is 87.7 Å². The number of methoxy groups -OCH3 is 1. The monoisotopic (exact) mass is 409 g/mol. The van der Waals surface area contributed by atoms with Crippen LogP contribution in [0.4, 0.5) is 10.5 Å². The first-order chi connectivity index (χ1) is 14.3. The fraction of sp³-hybridized carbons (Fsp3) is 0.348. The number of carbonyl (C=O) groups is 3. The molecule has 0 bridgehead atoms. The molecule has 30 heavy (non-hydrogen) atoms. The van der Waals surface area contributed by atoms with Gasteiger partial charge in [-0.1, -0.05) is 31.2 Å². The van der Waals surface area contributed by atoms with Crippen LogP contribution in [0.2, 0.25) is 0 Å². The molecule has 0 radical (unpaired) electrons. The van der Waals surface area contributed by atoms with Crippen molar-refractivity contribution in [3.05, 3.63) is 59.7 Å². The van der Waals surface area contributed by atoms with E-state index in [4.69, 9.17) is 4.74 Å². The molecule has 7 nitrogen and oxygen atoms in total. The summed E-state index contributed by atoms with van der Waals surface area (Å²) in [5, 5.41) is 5.47. The average Bonchev–Trinajstić information content (AvgIpc) is 2.96. The molecule has 1 heterocycles. The molecule has 0 spiro atoms. The largest absolute Gasteiger partial charge is 0.497 e.